The van der Waals surface area contributed by atoms with Crippen molar-refractivity contribution in [2.45, 2.75) is 32.4 Å². The number of benzene rings is 3. The highest BCUT2D eigenvalue weighted by Crippen LogP contribution is 2.23. The van der Waals surface area contributed by atoms with Crippen LogP contribution in [-0.4, -0.2) is 43.9 Å². The maximum absolute atomic E-state index is 13.1. The number of anilines is 2. The molecule has 0 aliphatic heterocycles. The maximum Gasteiger partial charge on any atom is 0.411 e. The van der Waals surface area contributed by atoms with Crippen molar-refractivity contribution in [1.29, 1.82) is 0 Å². The molecular formula is C32H34BrClN4O5. The molecule has 226 valence electrons. The van der Waals surface area contributed by atoms with E-state index in [0.717, 1.165) is 21.8 Å². The van der Waals surface area contributed by atoms with E-state index in [1.807, 2.05) is 95.8 Å². The number of halogens is 2. The fourth-order valence-corrected chi connectivity index (χ4v) is 4.76. The lowest BCUT2D eigenvalue weighted by Crippen LogP contribution is -3.00. The Labute approximate surface area is 265 Å². The summed E-state index contributed by atoms with van der Waals surface area (Å²) in [5, 5.41) is 7.30. The number of nitrogens with zero attached hydrogens (tertiary/aromatic N) is 2. The van der Waals surface area contributed by atoms with Crippen LogP contribution in [0.2, 0.25) is 0 Å². The minimum absolute atomic E-state index is 0. The number of alkyl carbamates (subject to hydrolysis) is 1. The van der Waals surface area contributed by atoms with Gasteiger partial charge < -0.3 is 32.1 Å². The van der Waals surface area contributed by atoms with Gasteiger partial charge in [-0.05, 0) is 36.6 Å². The van der Waals surface area contributed by atoms with Crippen LogP contribution in [-0.2, 0) is 20.8 Å². The summed E-state index contributed by atoms with van der Waals surface area (Å²) in [6, 6.07) is 26.1. The van der Waals surface area contributed by atoms with Crippen LogP contribution in [0.4, 0.5) is 21.0 Å². The first-order valence-corrected chi connectivity index (χ1v) is 14.5. The maximum atomic E-state index is 13.1. The lowest BCUT2D eigenvalue weighted by molar-refractivity contribution is -0.697. The van der Waals surface area contributed by atoms with Gasteiger partial charge in [0.1, 0.15) is 19.8 Å². The predicted molar refractivity (Wildman–Crippen MR) is 165 cm³/mol. The molecule has 0 fully saturated rings. The highest BCUT2D eigenvalue weighted by Gasteiger charge is 2.18. The van der Waals surface area contributed by atoms with E-state index >= 15 is 0 Å². The molecule has 4 aromatic rings. The van der Waals surface area contributed by atoms with Gasteiger partial charge in [0, 0.05) is 40.5 Å². The molecular weight excluding hydrogens is 636 g/mol. The average Bonchev–Trinajstić information content (AvgIpc) is 2.99. The molecule has 0 aliphatic rings. The van der Waals surface area contributed by atoms with E-state index in [2.05, 4.69) is 26.6 Å². The van der Waals surface area contributed by atoms with Crippen molar-refractivity contribution in [1.82, 2.24) is 5.32 Å². The zero-order chi connectivity index (χ0) is 29.7. The zero-order valence-corrected chi connectivity index (χ0v) is 26.1. The van der Waals surface area contributed by atoms with E-state index in [1.54, 1.807) is 17.9 Å². The fraction of sp³-hybridized carbons (Fsp3) is 0.250. The van der Waals surface area contributed by atoms with Gasteiger partial charge in [-0.2, -0.15) is 0 Å². The van der Waals surface area contributed by atoms with E-state index in [1.165, 1.54) is 0 Å². The first-order chi connectivity index (χ1) is 20.4. The Morgan fingerprint density at radius 3 is 2.44 bits per heavy atom. The number of carbonyl (C=O) groups excluding carboxylic acids is 3. The van der Waals surface area contributed by atoms with Crippen molar-refractivity contribution in [2.24, 2.45) is 0 Å². The molecule has 9 nitrogen and oxygen atoms in total. The van der Waals surface area contributed by atoms with Gasteiger partial charge in [-0.3, -0.25) is 10.1 Å². The third-order valence-corrected chi connectivity index (χ3v) is 6.90. The van der Waals surface area contributed by atoms with Gasteiger partial charge in [-0.15, -0.1) is 0 Å². The topological polar surface area (TPSA) is 101 Å². The molecule has 2 N–H and O–H groups in total. The van der Waals surface area contributed by atoms with Crippen LogP contribution >= 0.6 is 15.9 Å². The van der Waals surface area contributed by atoms with Crippen molar-refractivity contribution >= 4 is 56.2 Å². The summed E-state index contributed by atoms with van der Waals surface area (Å²) in [4.78, 5) is 39.5. The molecule has 0 spiro atoms. The number of hydrogen-bond donors (Lipinski definition) is 2. The molecule has 0 radical (unpaired) electrons. The standard InChI is InChI=1S/C32H33BrN4O5.ClH/c1-24(23-42-32(40)35-29-15-7-11-25-10-3-4-14-28(25)29)34-31(39)41-21-20-37(27-13-8-12-26(33)22-27)30(38)16-9-19-36-17-5-2-6-18-36;/h2-8,10-15,17-18,22,24H,9,16,19-21,23H2,1H3,(H-,34,35,39,40);1H. The van der Waals surface area contributed by atoms with E-state index in [0.29, 0.717) is 24.2 Å². The number of pyridine rings is 1. The van der Waals surface area contributed by atoms with Gasteiger partial charge in [0.2, 0.25) is 5.91 Å². The second-order valence-electron chi connectivity index (χ2n) is 9.67. The molecule has 1 unspecified atom stereocenters. The van der Waals surface area contributed by atoms with E-state index in [9.17, 15) is 14.4 Å². The number of rotatable bonds is 12. The van der Waals surface area contributed by atoms with Crippen LogP contribution in [0.5, 0.6) is 0 Å². The molecule has 3 aromatic carbocycles. The first-order valence-electron chi connectivity index (χ1n) is 13.7. The Bertz CT molecular complexity index is 1500. The van der Waals surface area contributed by atoms with Gasteiger partial charge in [-0.1, -0.05) is 64.5 Å². The Morgan fingerprint density at radius 1 is 0.907 bits per heavy atom. The van der Waals surface area contributed by atoms with Crippen LogP contribution in [0.1, 0.15) is 19.8 Å². The lowest BCUT2D eigenvalue weighted by atomic mass is 10.1. The van der Waals surface area contributed by atoms with E-state index < -0.39 is 18.2 Å². The summed E-state index contributed by atoms with van der Waals surface area (Å²) in [5.41, 5.74) is 1.35. The number of carbonyl (C=O) groups is 3. The highest BCUT2D eigenvalue weighted by molar-refractivity contribution is 9.10. The van der Waals surface area contributed by atoms with Crippen LogP contribution in [0.25, 0.3) is 10.8 Å². The van der Waals surface area contributed by atoms with Gasteiger partial charge in [0.25, 0.3) is 0 Å². The van der Waals surface area contributed by atoms with Crippen LogP contribution in [0, 0.1) is 0 Å². The molecule has 4 rings (SSSR count). The van der Waals surface area contributed by atoms with Crippen molar-refractivity contribution < 1.29 is 40.8 Å². The number of aryl methyl sites for hydroxylation is 1. The van der Waals surface area contributed by atoms with Crippen molar-refractivity contribution in [3.05, 3.63) is 102 Å². The van der Waals surface area contributed by atoms with E-state index in [-0.39, 0.29) is 38.1 Å². The fourth-order valence-electron chi connectivity index (χ4n) is 4.37. The summed E-state index contributed by atoms with van der Waals surface area (Å²) < 4.78 is 13.5. The summed E-state index contributed by atoms with van der Waals surface area (Å²) in [6.07, 6.45) is 3.66. The summed E-state index contributed by atoms with van der Waals surface area (Å²) >= 11 is 3.46. The molecule has 0 bridgehead atoms. The number of ether oxygens (including phenoxy) is 2. The largest absolute Gasteiger partial charge is 1.00 e. The van der Waals surface area contributed by atoms with Gasteiger partial charge in [-0.25, -0.2) is 14.2 Å². The molecule has 0 saturated carbocycles. The smallest absolute Gasteiger partial charge is 0.411 e. The molecule has 1 aromatic heterocycles. The third kappa shape index (κ3) is 10.6. The highest BCUT2D eigenvalue weighted by atomic mass is 79.9. The number of nitrogens with one attached hydrogen (secondary N) is 2. The first kappa shape index (κ1) is 33.4. The third-order valence-electron chi connectivity index (χ3n) is 6.41. The van der Waals surface area contributed by atoms with Gasteiger partial charge in [0.15, 0.2) is 12.4 Å². The van der Waals surface area contributed by atoms with Crippen LogP contribution in [0.3, 0.4) is 0 Å². The Hall–Kier alpha value is -4.15. The van der Waals surface area contributed by atoms with Crippen LogP contribution in [0.15, 0.2) is 102 Å². The number of hydrogen-bond acceptors (Lipinski definition) is 5. The van der Waals surface area contributed by atoms with Crippen molar-refractivity contribution in [3.63, 3.8) is 0 Å². The summed E-state index contributed by atoms with van der Waals surface area (Å²) in [5.74, 6) is -0.0624. The second kappa shape index (κ2) is 17.1. The number of aromatic nitrogens is 1. The molecule has 1 atom stereocenters. The Kier molecular flexibility index (Phi) is 13.3. The number of fused-ring (bicyclic) bond motifs is 1. The molecule has 3 amide bonds. The normalized spacial score (nSPS) is 11.1. The SMILES string of the molecule is CC(COC(=O)Nc1cccc2ccccc12)NC(=O)OCCN(C(=O)CCC[n+]1ccccc1)c1cccc(Br)c1.[Cl-]. The van der Waals surface area contributed by atoms with Crippen molar-refractivity contribution in [3.8, 4) is 0 Å². The van der Waals surface area contributed by atoms with Gasteiger partial charge >= 0.3 is 12.2 Å². The Balaban J connectivity index is 0.00000506. The van der Waals surface area contributed by atoms with Crippen LogP contribution < -0.4 is 32.5 Å². The molecule has 1 heterocycles. The number of amides is 3. The van der Waals surface area contributed by atoms with Gasteiger partial charge in [0.05, 0.1) is 18.3 Å². The molecule has 11 heteroatoms. The minimum atomic E-state index is -0.664. The lowest BCUT2D eigenvalue weighted by Gasteiger charge is -2.23. The average molecular weight is 670 g/mol. The zero-order valence-electron chi connectivity index (χ0n) is 23.7. The second-order valence-corrected chi connectivity index (χ2v) is 10.6. The Morgan fingerprint density at radius 2 is 1.65 bits per heavy atom. The minimum Gasteiger partial charge on any atom is -1.00 e. The predicted octanol–water partition coefficient (Wildman–Crippen LogP) is 3.07. The summed E-state index contributed by atoms with van der Waals surface area (Å²) in [6.45, 7) is 2.56. The monoisotopic (exact) mass is 668 g/mol. The van der Waals surface area contributed by atoms with E-state index in [4.69, 9.17) is 9.47 Å². The van der Waals surface area contributed by atoms with Crippen molar-refractivity contribution in [2.75, 3.05) is 30.0 Å². The molecule has 0 aliphatic carbocycles. The summed E-state index contributed by atoms with van der Waals surface area (Å²) in [7, 11) is 0. The molecule has 0 saturated heterocycles. The molecule has 43 heavy (non-hydrogen) atoms. The quantitative estimate of drug-likeness (QED) is 0.226.